The molecule has 0 fully saturated rings. The predicted octanol–water partition coefficient (Wildman–Crippen LogP) is 4.03. The van der Waals surface area contributed by atoms with Crippen LogP contribution in [0.2, 0.25) is 0 Å². The fourth-order valence-corrected chi connectivity index (χ4v) is 3.64. The summed E-state index contributed by atoms with van der Waals surface area (Å²) < 4.78 is 10.8. The van der Waals surface area contributed by atoms with Gasteiger partial charge in [-0.25, -0.2) is 9.59 Å². The fraction of sp³-hybridized carbons (Fsp3) is 0.231. The summed E-state index contributed by atoms with van der Waals surface area (Å²) in [7, 11) is 0. The van der Waals surface area contributed by atoms with E-state index in [1.807, 2.05) is 42.5 Å². The maximum Gasteiger partial charge on any atom is 0.337 e. The third kappa shape index (κ3) is 5.95. The van der Waals surface area contributed by atoms with Crippen LogP contribution in [0.15, 0.2) is 83.5 Å². The van der Waals surface area contributed by atoms with Crippen LogP contribution in [0, 0.1) is 11.3 Å². The van der Waals surface area contributed by atoms with E-state index in [-0.39, 0.29) is 19.6 Å². The number of hydrogen-bond acceptors (Lipinski definition) is 7. The third-order valence-corrected chi connectivity index (χ3v) is 5.11. The van der Waals surface area contributed by atoms with Crippen LogP contribution in [0.1, 0.15) is 37.3 Å². The van der Waals surface area contributed by atoms with E-state index < -0.39 is 17.9 Å². The topological polar surface area (TPSA) is 101 Å². The summed E-state index contributed by atoms with van der Waals surface area (Å²) in [5, 5.41) is 11.9. The molecular weight excluding hydrogens is 418 g/mol. The number of dihydropyridines is 1. The van der Waals surface area contributed by atoms with Crippen molar-refractivity contribution in [1.82, 2.24) is 10.3 Å². The van der Waals surface area contributed by atoms with Crippen LogP contribution in [-0.4, -0.2) is 30.1 Å². The number of hydrogen-bond donors (Lipinski definition) is 1. The van der Waals surface area contributed by atoms with Gasteiger partial charge in [0.05, 0.1) is 29.6 Å². The second-order valence-corrected chi connectivity index (χ2v) is 7.37. The Morgan fingerprint density at radius 2 is 1.67 bits per heavy atom. The zero-order valence-electron chi connectivity index (χ0n) is 18.6. The van der Waals surface area contributed by atoms with Gasteiger partial charge >= 0.3 is 11.9 Å². The average Bonchev–Trinajstić information content (AvgIpc) is 2.82. The van der Waals surface area contributed by atoms with Crippen molar-refractivity contribution >= 4 is 18.0 Å². The number of benzene rings is 1. The van der Waals surface area contributed by atoms with Crippen molar-refractivity contribution in [1.29, 1.82) is 5.26 Å². The summed E-state index contributed by atoms with van der Waals surface area (Å²) in [5.41, 5.74) is 3.52. The molecule has 1 aliphatic heterocycles. The smallest absolute Gasteiger partial charge is 0.337 e. The molecule has 7 nitrogen and oxygen atoms in total. The highest BCUT2D eigenvalue weighted by atomic mass is 16.5. The van der Waals surface area contributed by atoms with Gasteiger partial charge in [0.2, 0.25) is 0 Å². The second-order valence-electron chi connectivity index (χ2n) is 7.37. The molecule has 1 aromatic carbocycles. The average molecular weight is 444 g/mol. The Hall–Kier alpha value is -4.18. The van der Waals surface area contributed by atoms with Gasteiger partial charge in [-0.2, -0.15) is 5.26 Å². The molecule has 0 spiro atoms. The van der Waals surface area contributed by atoms with E-state index >= 15 is 0 Å². The van der Waals surface area contributed by atoms with Gasteiger partial charge in [-0.1, -0.05) is 36.4 Å². The lowest BCUT2D eigenvalue weighted by molar-refractivity contribution is -0.139. The molecule has 168 valence electrons. The number of esters is 2. The molecule has 7 heteroatoms. The molecule has 3 rings (SSSR count). The Labute approximate surface area is 193 Å². The molecule has 1 aliphatic rings. The highest BCUT2D eigenvalue weighted by molar-refractivity contribution is 5.99. The Kier molecular flexibility index (Phi) is 8.14. The minimum atomic E-state index is -0.686. The van der Waals surface area contributed by atoms with Gasteiger partial charge in [0.25, 0.3) is 0 Å². The second kappa shape index (κ2) is 11.4. The number of carbonyl (C=O) groups excluding carboxylic acids is 2. The van der Waals surface area contributed by atoms with Crippen molar-refractivity contribution in [3.05, 3.63) is 94.6 Å². The van der Waals surface area contributed by atoms with Crippen molar-refractivity contribution in [2.75, 3.05) is 13.2 Å². The molecular formula is C26H25N3O4. The molecule has 1 atom stereocenters. The number of nitriles is 1. The molecule has 0 amide bonds. The number of pyridine rings is 1. The first-order valence-electron chi connectivity index (χ1n) is 10.5. The van der Waals surface area contributed by atoms with Crippen molar-refractivity contribution in [2.45, 2.75) is 26.2 Å². The van der Waals surface area contributed by atoms with Crippen LogP contribution in [-0.2, 0) is 19.1 Å². The number of ether oxygens (including phenoxy) is 2. The summed E-state index contributed by atoms with van der Waals surface area (Å²) in [5.74, 6) is -1.80. The van der Waals surface area contributed by atoms with E-state index in [0.717, 1.165) is 5.56 Å². The van der Waals surface area contributed by atoms with E-state index in [1.165, 1.54) is 0 Å². The predicted molar refractivity (Wildman–Crippen MR) is 123 cm³/mol. The van der Waals surface area contributed by atoms with Crippen LogP contribution in [0.4, 0.5) is 0 Å². The lowest BCUT2D eigenvalue weighted by Gasteiger charge is -2.30. The Morgan fingerprint density at radius 1 is 1.03 bits per heavy atom. The van der Waals surface area contributed by atoms with Crippen molar-refractivity contribution in [3.8, 4) is 6.07 Å². The van der Waals surface area contributed by atoms with E-state index in [9.17, 15) is 9.59 Å². The Balaban J connectivity index is 1.85. The van der Waals surface area contributed by atoms with Crippen molar-refractivity contribution in [2.24, 2.45) is 0 Å². The normalized spacial score (nSPS) is 15.7. The molecule has 2 heterocycles. The van der Waals surface area contributed by atoms with Crippen LogP contribution in [0.25, 0.3) is 6.08 Å². The maximum absolute atomic E-state index is 13.2. The molecule has 33 heavy (non-hydrogen) atoms. The molecule has 1 N–H and O–H groups in total. The number of carbonyl (C=O) groups is 2. The number of aromatic nitrogens is 1. The molecule has 0 saturated carbocycles. The summed E-state index contributed by atoms with van der Waals surface area (Å²) in [6.45, 7) is 3.58. The summed E-state index contributed by atoms with van der Waals surface area (Å²) in [6, 6.07) is 15.1. The zero-order valence-corrected chi connectivity index (χ0v) is 18.6. The van der Waals surface area contributed by atoms with Crippen LogP contribution >= 0.6 is 0 Å². The van der Waals surface area contributed by atoms with E-state index in [1.54, 1.807) is 44.4 Å². The fourth-order valence-electron chi connectivity index (χ4n) is 3.64. The number of nitrogens with one attached hydrogen (secondary N) is 1. The van der Waals surface area contributed by atoms with Crippen molar-refractivity contribution in [3.63, 3.8) is 0 Å². The Morgan fingerprint density at radius 3 is 2.30 bits per heavy atom. The highest BCUT2D eigenvalue weighted by Crippen LogP contribution is 2.39. The monoisotopic (exact) mass is 443 g/mol. The van der Waals surface area contributed by atoms with Crippen LogP contribution in [0.5, 0.6) is 0 Å². The summed E-state index contributed by atoms with van der Waals surface area (Å²) in [6.07, 6.45) is 6.93. The summed E-state index contributed by atoms with van der Waals surface area (Å²) >= 11 is 0. The zero-order chi connectivity index (χ0) is 23.6. The number of allylic oxidation sites excluding steroid dienone is 2. The lowest BCUT2D eigenvalue weighted by atomic mass is 9.81. The van der Waals surface area contributed by atoms with Gasteiger partial charge in [-0.3, -0.25) is 4.98 Å². The van der Waals surface area contributed by atoms with Gasteiger partial charge in [-0.15, -0.1) is 0 Å². The van der Waals surface area contributed by atoms with Gasteiger partial charge in [-0.05, 0) is 43.2 Å². The first-order chi connectivity index (χ1) is 16.0. The van der Waals surface area contributed by atoms with Gasteiger partial charge in [0, 0.05) is 23.8 Å². The quantitative estimate of drug-likeness (QED) is 0.485. The molecule has 0 radical (unpaired) electrons. The van der Waals surface area contributed by atoms with E-state index in [4.69, 9.17) is 14.7 Å². The lowest BCUT2D eigenvalue weighted by Crippen LogP contribution is -2.32. The van der Waals surface area contributed by atoms with Gasteiger partial charge < -0.3 is 14.8 Å². The minimum absolute atomic E-state index is 0.0259. The number of rotatable bonds is 8. The van der Waals surface area contributed by atoms with Crippen molar-refractivity contribution < 1.29 is 19.1 Å². The van der Waals surface area contributed by atoms with E-state index in [2.05, 4.69) is 10.3 Å². The largest absolute Gasteiger partial charge is 0.461 e. The molecule has 0 saturated heterocycles. The molecule has 1 unspecified atom stereocenters. The molecule has 2 aromatic rings. The standard InChI is InChI=1S/C26H25N3O4/c1-18-22(25(30)32-16-6-10-20-8-4-3-5-9-20)24(21-11-14-28-15-12-21)23(19(2)29-18)26(31)33-17-7-13-27/h3-6,8-12,14-15,24,29H,7,16-17H2,1-2H3/b10-6+. The minimum Gasteiger partial charge on any atom is -0.461 e. The Bertz CT molecular complexity index is 1130. The molecule has 0 aliphatic carbocycles. The molecule has 1 aromatic heterocycles. The first-order valence-corrected chi connectivity index (χ1v) is 10.5. The van der Waals surface area contributed by atoms with Gasteiger partial charge in [0.15, 0.2) is 0 Å². The highest BCUT2D eigenvalue weighted by Gasteiger charge is 2.37. The SMILES string of the molecule is CC1=C(C(=O)OC/C=C/c2ccccc2)C(c2ccncc2)C(C(=O)OCCC#N)=C(C)N1. The summed E-state index contributed by atoms with van der Waals surface area (Å²) in [4.78, 5) is 30.1. The van der Waals surface area contributed by atoms with Gasteiger partial charge in [0.1, 0.15) is 13.2 Å². The molecule has 0 bridgehead atoms. The first kappa shape index (κ1) is 23.5. The third-order valence-electron chi connectivity index (χ3n) is 5.11. The van der Waals surface area contributed by atoms with Crippen LogP contribution < -0.4 is 5.32 Å². The van der Waals surface area contributed by atoms with E-state index in [0.29, 0.717) is 28.1 Å². The maximum atomic E-state index is 13.2. The van der Waals surface area contributed by atoms with Crippen LogP contribution in [0.3, 0.4) is 0 Å². The number of nitrogens with zero attached hydrogens (tertiary/aromatic N) is 2.